The van der Waals surface area contributed by atoms with Gasteiger partial charge in [-0.05, 0) is 32.3 Å². The molecule has 114 valence electrons. The number of rotatable bonds is 7. The zero-order valence-electron chi connectivity index (χ0n) is 12.9. The molecular formula is C16H23N3O2. The van der Waals surface area contributed by atoms with E-state index in [2.05, 4.69) is 10.1 Å². The second-order valence-electron chi connectivity index (χ2n) is 5.27. The lowest BCUT2D eigenvalue weighted by atomic mass is 10.0. The Hall–Kier alpha value is -1.72. The molecular weight excluding hydrogens is 266 g/mol. The van der Waals surface area contributed by atoms with Gasteiger partial charge in [0.1, 0.15) is 5.60 Å². The first kappa shape index (κ1) is 15.7. The number of nitrogens with two attached hydrogens (primary N) is 1. The quantitative estimate of drug-likeness (QED) is 0.848. The second kappa shape index (κ2) is 6.83. The summed E-state index contributed by atoms with van der Waals surface area (Å²) in [6, 6.07) is 9.72. The molecule has 0 aliphatic carbocycles. The van der Waals surface area contributed by atoms with Gasteiger partial charge >= 0.3 is 0 Å². The van der Waals surface area contributed by atoms with Gasteiger partial charge in [-0.3, -0.25) is 0 Å². The lowest BCUT2D eigenvalue weighted by Gasteiger charge is -2.23. The minimum absolute atomic E-state index is 0.309. The van der Waals surface area contributed by atoms with Crippen LogP contribution >= 0.6 is 0 Å². The van der Waals surface area contributed by atoms with Crippen molar-refractivity contribution < 1.29 is 9.26 Å². The molecule has 0 fully saturated rings. The van der Waals surface area contributed by atoms with E-state index in [4.69, 9.17) is 15.0 Å². The average Bonchev–Trinajstić information content (AvgIpc) is 2.99. The van der Waals surface area contributed by atoms with Crippen molar-refractivity contribution in [3.05, 3.63) is 47.6 Å². The highest BCUT2D eigenvalue weighted by molar-refractivity contribution is 5.17. The monoisotopic (exact) mass is 289 g/mol. The lowest BCUT2D eigenvalue weighted by molar-refractivity contribution is -0.0403. The van der Waals surface area contributed by atoms with Crippen LogP contribution in [0.4, 0.5) is 0 Å². The normalized spacial score (nSPS) is 15.6. The van der Waals surface area contributed by atoms with Gasteiger partial charge in [0.2, 0.25) is 11.7 Å². The van der Waals surface area contributed by atoms with E-state index in [0.717, 1.165) is 12.0 Å². The molecule has 0 amide bonds. The van der Waals surface area contributed by atoms with Crippen molar-refractivity contribution in [1.82, 2.24) is 10.1 Å². The molecule has 0 bridgehead atoms. The molecule has 0 saturated carbocycles. The van der Waals surface area contributed by atoms with Gasteiger partial charge in [-0.1, -0.05) is 42.4 Å². The predicted molar refractivity (Wildman–Crippen MR) is 80.6 cm³/mol. The maximum Gasteiger partial charge on any atom is 0.244 e. The zero-order valence-corrected chi connectivity index (χ0v) is 12.9. The molecule has 0 spiro atoms. The van der Waals surface area contributed by atoms with Gasteiger partial charge in [-0.25, -0.2) is 0 Å². The summed E-state index contributed by atoms with van der Waals surface area (Å²) in [5.74, 6) is 1.01. The first-order chi connectivity index (χ1) is 10.1. The van der Waals surface area contributed by atoms with Crippen molar-refractivity contribution in [1.29, 1.82) is 0 Å². The number of benzene rings is 1. The molecule has 2 atom stereocenters. The molecule has 1 heterocycles. The van der Waals surface area contributed by atoms with E-state index >= 15 is 0 Å². The topological polar surface area (TPSA) is 74.2 Å². The SMILES string of the molecule is CCOC(C)(CC)c1noc(C(N)Cc2ccccc2)n1. The van der Waals surface area contributed by atoms with E-state index in [0.29, 0.717) is 24.7 Å². The highest BCUT2D eigenvalue weighted by Crippen LogP contribution is 2.27. The Morgan fingerprint density at radius 2 is 2.00 bits per heavy atom. The fraction of sp³-hybridized carbons (Fsp3) is 0.500. The van der Waals surface area contributed by atoms with Gasteiger partial charge in [0, 0.05) is 6.61 Å². The predicted octanol–water partition coefficient (Wildman–Crippen LogP) is 2.97. The number of hydrogen-bond donors (Lipinski definition) is 1. The Bertz CT molecular complexity index is 556. The van der Waals surface area contributed by atoms with Crippen molar-refractivity contribution in [2.75, 3.05) is 6.61 Å². The van der Waals surface area contributed by atoms with Crippen LogP contribution in [-0.4, -0.2) is 16.7 Å². The summed E-state index contributed by atoms with van der Waals surface area (Å²) < 4.78 is 11.1. The number of aromatic nitrogens is 2. The number of hydrogen-bond acceptors (Lipinski definition) is 5. The van der Waals surface area contributed by atoms with E-state index in [1.165, 1.54) is 0 Å². The van der Waals surface area contributed by atoms with E-state index in [1.54, 1.807) is 0 Å². The summed E-state index contributed by atoms with van der Waals surface area (Å²) in [5, 5.41) is 4.05. The zero-order chi connectivity index (χ0) is 15.3. The molecule has 2 aromatic rings. The Kier molecular flexibility index (Phi) is 5.09. The van der Waals surface area contributed by atoms with E-state index < -0.39 is 5.60 Å². The summed E-state index contributed by atoms with van der Waals surface area (Å²) in [5.41, 5.74) is 6.78. The van der Waals surface area contributed by atoms with Crippen LogP contribution in [0.5, 0.6) is 0 Å². The number of nitrogens with zero attached hydrogens (tertiary/aromatic N) is 2. The summed E-state index contributed by atoms with van der Waals surface area (Å²) in [7, 11) is 0. The van der Waals surface area contributed by atoms with Gasteiger partial charge in [0.15, 0.2) is 0 Å². The molecule has 1 aromatic heterocycles. The van der Waals surface area contributed by atoms with Crippen LogP contribution in [0.25, 0.3) is 0 Å². The molecule has 21 heavy (non-hydrogen) atoms. The van der Waals surface area contributed by atoms with Crippen LogP contribution in [0, 0.1) is 0 Å². The van der Waals surface area contributed by atoms with Crippen molar-refractivity contribution in [2.24, 2.45) is 5.73 Å². The van der Waals surface area contributed by atoms with Crippen LogP contribution in [0.3, 0.4) is 0 Å². The Balaban J connectivity index is 2.12. The molecule has 1 aromatic carbocycles. The fourth-order valence-corrected chi connectivity index (χ4v) is 2.20. The van der Waals surface area contributed by atoms with Crippen molar-refractivity contribution in [2.45, 2.75) is 45.3 Å². The number of ether oxygens (including phenoxy) is 1. The van der Waals surface area contributed by atoms with E-state index in [9.17, 15) is 0 Å². The highest BCUT2D eigenvalue weighted by Gasteiger charge is 2.31. The fourth-order valence-electron chi connectivity index (χ4n) is 2.20. The highest BCUT2D eigenvalue weighted by atomic mass is 16.5. The standard InChI is InChI=1S/C16H23N3O2/c1-4-16(3,20-5-2)15-18-14(21-19-15)13(17)11-12-9-7-6-8-10-12/h6-10,13H,4-5,11,17H2,1-3H3. The summed E-state index contributed by atoms with van der Waals surface area (Å²) >= 11 is 0. The van der Waals surface area contributed by atoms with Crippen LogP contribution in [0.2, 0.25) is 0 Å². The summed E-state index contributed by atoms with van der Waals surface area (Å²) in [6.07, 6.45) is 1.44. The van der Waals surface area contributed by atoms with E-state index in [-0.39, 0.29) is 6.04 Å². The molecule has 5 nitrogen and oxygen atoms in total. The summed E-state index contributed by atoms with van der Waals surface area (Å²) in [4.78, 5) is 4.44. The van der Waals surface area contributed by atoms with Crippen LogP contribution in [0.15, 0.2) is 34.9 Å². The van der Waals surface area contributed by atoms with Gasteiger partial charge in [0.05, 0.1) is 6.04 Å². The van der Waals surface area contributed by atoms with E-state index in [1.807, 2.05) is 51.1 Å². The van der Waals surface area contributed by atoms with Gasteiger partial charge < -0.3 is 15.0 Å². The van der Waals surface area contributed by atoms with Crippen molar-refractivity contribution in [3.8, 4) is 0 Å². The maximum absolute atomic E-state index is 6.16. The molecule has 2 unspecified atom stereocenters. The molecule has 0 saturated heterocycles. The summed E-state index contributed by atoms with van der Waals surface area (Å²) in [6.45, 7) is 6.56. The van der Waals surface area contributed by atoms with Gasteiger partial charge in [-0.2, -0.15) is 4.98 Å². The third-order valence-corrected chi connectivity index (χ3v) is 3.67. The molecule has 5 heteroatoms. The Labute approximate surface area is 125 Å². The average molecular weight is 289 g/mol. The van der Waals surface area contributed by atoms with Gasteiger partial charge in [0.25, 0.3) is 0 Å². The van der Waals surface area contributed by atoms with Crippen molar-refractivity contribution >= 4 is 0 Å². The first-order valence-electron chi connectivity index (χ1n) is 7.36. The van der Waals surface area contributed by atoms with Crippen molar-refractivity contribution in [3.63, 3.8) is 0 Å². The first-order valence-corrected chi connectivity index (χ1v) is 7.36. The second-order valence-corrected chi connectivity index (χ2v) is 5.27. The molecule has 0 radical (unpaired) electrons. The third kappa shape index (κ3) is 3.68. The lowest BCUT2D eigenvalue weighted by Crippen LogP contribution is -2.27. The minimum Gasteiger partial charge on any atom is -0.367 e. The van der Waals surface area contributed by atoms with Crippen LogP contribution < -0.4 is 5.73 Å². The van der Waals surface area contributed by atoms with Crippen LogP contribution in [-0.2, 0) is 16.8 Å². The molecule has 2 N–H and O–H groups in total. The Morgan fingerprint density at radius 1 is 1.29 bits per heavy atom. The molecule has 2 rings (SSSR count). The van der Waals surface area contributed by atoms with Crippen LogP contribution in [0.1, 0.15) is 50.5 Å². The third-order valence-electron chi connectivity index (χ3n) is 3.67. The van der Waals surface area contributed by atoms with Gasteiger partial charge in [-0.15, -0.1) is 0 Å². The maximum atomic E-state index is 6.16. The minimum atomic E-state index is -0.525. The molecule has 0 aliphatic heterocycles. The Morgan fingerprint density at radius 3 is 2.62 bits per heavy atom. The largest absolute Gasteiger partial charge is 0.367 e. The molecule has 0 aliphatic rings. The smallest absolute Gasteiger partial charge is 0.244 e.